The highest BCUT2D eigenvalue weighted by atomic mass is 32.2. The topological polar surface area (TPSA) is 102 Å². The van der Waals surface area contributed by atoms with Gasteiger partial charge in [0.25, 0.3) is 10.0 Å². The van der Waals surface area contributed by atoms with E-state index in [0.717, 1.165) is 5.69 Å². The van der Waals surface area contributed by atoms with Gasteiger partial charge in [-0.05, 0) is 12.1 Å². The molecule has 3 aromatic rings. The summed E-state index contributed by atoms with van der Waals surface area (Å²) in [6.45, 7) is 0.246. The van der Waals surface area contributed by atoms with Crippen molar-refractivity contribution in [2.75, 3.05) is 12.3 Å². The lowest BCUT2D eigenvalue weighted by Gasteiger charge is -2.06. The fourth-order valence-corrected chi connectivity index (χ4v) is 3.99. The third-order valence-electron chi connectivity index (χ3n) is 2.90. The number of sulfonamides is 1. The van der Waals surface area contributed by atoms with Gasteiger partial charge in [-0.25, -0.2) is 18.1 Å². The molecule has 0 spiro atoms. The molecule has 3 N–H and O–H groups in total. The second-order valence-corrected chi connectivity index (χ2v) is 6.88. The number of hydrogen-bond donors (Lipinski definition) is 2. The number of aromatic nitrogens is 3. The summed E-state index contributed by atoms with van der Waals surface area (Å²) in [7, 11) is -3.71. The molecule has 0 radical (unpaired) electrons. The van der Waals surface area contributed by atoms with Crippen LogP contribution in [0.5, 0.6) is 0 Å². The quantitative estimate of drug-likeness (QED) is 0.726. The largest absolute Gasteiger partial charge is 0.381 e. The third-order valence-corrected chi connectivity index (χ3v) is 5.15. The van der Waals surface area contributed by atoms with Gasteiger partial charge in [0, 0.05) is 36.4 Å². The average molecular weight is 323 g/mol. The Labute approximate surface area is 125 Å². The number of nitrogens with two attached hydrogens (primary N) is 1. The monoisotopic (exact) mass is 323 g/mol. The van der Waals surface area contributed by atoms with Crippen LogP contribution in [-0.4, -0.2) is 29.3 Å². The van der Waals surface area contributed by atoms with Gasteiger partial charge in [-0.3, -0.25) is 9.38 Å². The summed E-state index contributed by atoms with van der Waals surface area (Å²) in [4.78, 5) is 8.73. The molecule has 0 atom stereocenters. The summed E-state index contributed by atoms with van der Waals surface area (Å²) in [6.07, 6.45) is 3.82. The highest BCUT2D eigenvalue weighted by Gasteiger charge is 2.23. The van der Waals surface area contributed by atoms with Crippen molar-refractivity contribution >= 4 is 32.1 Å². The minimum Gasteiger partial charge on any atom is -0.381 e. The van der Waals surface area contributed by atoms with E-state index in [4.69, 9.17) is 5.73 Å². The van der Waals surface area contributed by atoms with E-state index < -0.39 is 10.0 Å². The van der Waals surface area contributed by atoms with Crippen LogP contribution in [0.2, 0.25) is 0 Å². The van der Waals surface area contributed by atoms with Gasteiger partial charge in [-0.1, -0.05) is 6.07 Å². The predicted molar refractivity (Wildman–Crippen MR) is 80.6 cm³/mol. The van der Waals surface area contributed by atoms with E-state index in [1.165, 1.54) is 15.7 Å². The first kappa shape index (κ1) is 14.0. The molecule has 0 unspecified atom stereocenters. The molecular weight excluding hydrogens is 310 g/mol. The van der Waals surface area contributed by atoms with E-state index in [9.17, 15) is 8.42 Å². The summed E-state index contributed by atoms with van der Waals surface area (Å²) in [6, 6.07) is 5.52. The van der Waals surface area contributed by atoms with Crippen molar-refractivity contribution in [2.45, 2.75) is 11.4 Å². The Morgan fingerprint density at radius 1 is 1.38 bits per heavy atom. The molecular formula is C12H13N5O2S2. The zero-order valence-corrected chi connectivity index (χ0v) is 12.6. The number of fused-ring (bicyclic) bond motifs is 1. The van der Waals surface area contributed by atoms with Crippen LogP contribution in [0, 0.1) is 0 Å². The summed E-state index contributed by atoms with van der Waals surface area (Å²) in [5, 5.41) is 1.74. The minimum atomic E-state index is -3.71. The van der Waals surface area contributed by atoms with Gasteiger partial charge in [0.1, 0.15) is 0 Å². The fraction of sp³-hybridized carbons (Fsp3) is 0.167. The van der Waals surface area contributed by atoms with E-state index in [0.29, 0.717) is 11.4 Å². The first-order chi connectivity index (χ1) is 10.1. The molecule has 9 heteroatoms. The second kappa shape index (κ2) is 5.43. The molecule has 0 bridgehead atoms. The molecule has 0 saturated heterocycles. The summed E-state index contributed by atoms with van der Waals surface area (Å²) < 4.78 is 28.7. The van der Waals surface area contributed by atoms with Crippen molar-refractivity contribution in [3.8, 4) is 0 Å². The maximum atomic E-state index is 12.3. The molecule has 3 heterocycles. The number of rotatable bonds is 5. The first-order valence-corrected chi connectivity index (χ1v) is 8.55. The molecule has 0 aliphatic rings. The lowest BCUT2D eigenvalue weighted by molar-refractivity contribution is 0.577. The molecule has 3 rings (SSSR count). The Morgan fingerprint density at radius 2 is 2.24 bits per heavy atom. The van der Waals surface area contributed by atoms with Crippen molar-refractivity contribution in [2.24, 2.45) is 0 Å². The van der Waals surface area contributed by atoms with Gasteiger partial charge in [-0.15, -0.1) is 11.3 Å². The standard InChI is InChI=1S/C12H13N5O2S2/c13-10-11(17-7-8-20-12(17)16-10)21(18,19)15-6-4-9-3-1-2-5-14-9/h1-3,5,7-8,15H,4,6,13H2. The van der Waals surface area contributed by atoms with E-state index >= 15 is 0 Å². The fourth-order valence-electron chi connectivity index (χ4n) is 1.98. The molecule has 0 saturated carbocycles. The van der Waals surface area contributed by atoms with Gasteiger partial charge < -0.3 is 5.73 Å². The number of nitrogen functional groups attached to an aromatic ring is 1. The van der Waals surface area contributed by atoms with Gasteiger partial charge in [0.15, 0.2) is 15.8 Å². The lowest BCUT2D eigenvalue weighted by atomic mass is 10.3. The van der Waals surface area contributed by atoms with Crippen molar-refractivity contribution in [3.05, 3.63) is 41.7 Å². The van der Waals surface area contributed by atoms with Gasteiger partial charge >= 0.3 is 0 Å². The molecule has 21 heavy (non-hydrogen) atoms. The summed E-state index contributed by atoms with van der Waals surface area (Å²) in [5.41, 5.74) is 6.53. The van der Waals surface area contributed by atoms with Crippen LogP contribution in [0.3, 0.4) is 0 Å². The van der Waals surface area contributed by atoms with E-state index in [1.54, 1.807) is 17.8 Å². The summed E-state index contributed by atoms with van der Waals surface area (Å²) >= 11 is 1.33. The zero-order chi connectivity index (χ0) is 14.9. The Morgan fingerprint density at radius 3 is 3.00 bits per heavy atom. The molecule has 0 fully saturated rings. The van der Waals surface area contributed by atoms with Crippen LogP contribution >= 0.6 is 11.3 Å². The van der Waals surface area contributed by atoms with Crippen LogP contribution in [0.1, 0.15) is 5.69 Å². The van der Waals surface area contributed by atoms with Crippen molar-refractivity contribution < 1.29 is 8.42 Å². The zero-order valence-electron chi connectivity index (χ0n) is 10.9. The maximum Gasteiger partial charge on any atom is 0.260 e. The predicted octanol–water partition coefficient (Wildman–Crippen LogP) is 0.894. The molecule has 0 aliphatic carbocycles. The van der Waals surface area contributed by atoms with Crippen molar-refractivity contribution in [1.29, 1.82) is 0 Å². The Kier molecular flexibility index (Phi) is 3.62. The molecule has 0 aromatic carbocycles. The number of thiazole rings is 1. The molecule has 0 amide bonds. The number of anilines is 1. The van der Waals surface area contributed by atoms with E-state index in [-0.39, 0.29) is 17.4 Å². The number of nitrogens with one attached hydrogen (secondary N) is 1. The Balaban J connectivity index is 1.78. The number of imidazole rings is 1. The number of nitrogens with zero attached hydrogens (tertiary/aromatic N) is 3. The van der Waals surface area contributed by atoms with Crippen LogP contribution < -0.4 is 10.5 Å². The van der Waals surface area contributed by atoms with Gasteiger partial charge in [0.2, 0.25) is 0 Å². The van der Waals surface area contributed by atoms with E-state index in [2.05, 4.69) is 14.7 Å². The van der Waals surface area contributed by atoms with Crippen LogP contribution in [0.15, 0.2) is 41.0 Å². The third kappa shape index (κ3) is 2.75. The highest BCUT2D eigenvalue weighted by molar-refractivity contribution is 7.89. The number of pyridine rings is 1. The lowest BCUT2D eigenvalue weighted by Crippen LogP contribution is -2.27. The maximum absolute atomic E-state index is 12.3. The molecule has 110 valence electrons. The van der Waals surface area contributed by atoms with Crippen LogP contribution in [-0.2, 0) is 16.4 Å². The first-order valence-electron chi connectivity index (χ1n) is 6.18. The summed E-state index contributed by atoms with van der Waals surface area (Å²) in [5.74, 6) is 0.00665. The normalized spacial score (nSPS) is 12.0. The molecule has 7 nitrogen and oxygen atoms in total. The van der Waals surface area contributed by atoms with Crippen molar-refractivity contribution in [1.82, 2.24) is 19.1 Å². The minimum absolute atomic E-state index is 0.00665. The highest BCUT2D eigenvalue weighted by Crippen LogP contribution is 2.22. The van der Waals surface area contributed by atoms with E-state index in [1.807, 2.05) is 18.2 Å². The van der Waals surface area contributed by atoms with Crippen molar-refractivity contribution in [3.63, 3.8) is 0 Å². The van der Waals surface area contributed by atoms with Crippen LogP contribution in [0.4, 0.5) is 5.82 Å². The second-order valence-electron chi connectivity index (χ2n) is 4.33. The van der Waals surface area contributed by atoms with Gasteiger partial charge in [-0.2, -0.15) is 0 Å². The average Bonchev–Trinajstić information content (AvgIpc) is 2.99. The SMILES string of the molecule is Nc1nc2sccn2c1S(=O)(=O)NCCc1ccccn1. The smallest absolute Gasteiger partial charge is 0.260 e. The molecule has 0 aliphatic heterocycles. The van der Waals surface area contributed by atoms with Gasteiger partial charge in [0.05, 0.1) is 0 Å². The van der Waals surface area contributed by atoms with Crippen LogP contribution in [0.25, 0.3) is 4.96 Å². The number of hydrogen-bond acceptors (Lipinski definition) is 6. The Bertz CT molecular complexity index is 854. The molecule has 3 aromatic heterocycles. The Hall–Kier alpha value is -1.97.